The average Bonchev–Trinajstić information content (AvgIpc) is 3.81. The molecule has 0 saturated carbocycles. The van der Waals surface area contributed by atoms with Crippen LogP contribution < -0.4 is 24.4 Å². The number of methoxy groups -OCH3 is 1. The fourth-order valence-electron chi connectivity index (χ4n) is 10.2. The van der Waals surface area contributed by atoms with Crippen LogP contribution in [0.15, 0.2) is 72.9 Å². The highest BCUT2D eigenvalue weighted by Crippen LogP contribution is 2.41. The van der Waals surface area contributed by atoms with Crippen molar-refractivity contribution in [1.82, 2.24) is 34.8 Å². The van der Waals surface area contributed by atoms with Crippen molar-refractivity contribution in [1.29, 1.82) is 0 Å². The number of carbonyl (C=O) groups is 4. The number of halogens is 2. The number of aryl methyl sites for hydroxylation is 1. The summed E-state index contributed by atoms with van der Waals surface area (Å²) in [6.07, 6.45) is 4.52. The fraction of sp³-hybridized carbons (Fsp3) is 0.440. The Bertz CT molecular complexity index is 2970. The minimum Gasteiger partial charge on any atom is -0.493 e. The molecule has 3 fully saturated rings. The Kier molecular flexibility index (Phi) is 13.2. The summed E-state index contributed by atoms with van der Waals surface area (Å²) >= 11 is 0. The monoisotopic (exact) mass is 982 g/mol. The van der Waals surface area contributed by atoms with Gasteiger partial charge in [0.25, 0.3) is 17.7 Å². The maximum Gasteiger partial charge on any atom is 0.285 e. The molecular formula is C50H56F2N8O9S. The number of ether oxygens (including phenoxy) is 3. The number of hydrogen-bond acceptors (Lipinski definition) is 14. The molecule has 20 heteroatoms. The van der Waals surface area contributed by atoms with Crippen molar-refractivity contribution in [2.45, 2.75) is 63.0 Å². The number of likely N-dealkylation sites (tertiary alicyclic amines) is 1. The number of pyridine rings is 1. The van der Waals surface area contributed by atoms with Gasteiger partial charge in [-0.15, -0.1) is 0 Å². The van der Waals surface area contributed by atoms with Crippen molar-refractivity contribution in [3.8, 4) is 23.0 Å². The van der Waals surface area contributed by atoms with E-state index < -0.39 is 51.3 Å². The number of aromatic nitrogens is 3. The number of carbonyl (C=O) groups excluding carboxylic acids is 4. The van der Waals surface area contributed by atoms with E-state index >= 15 is 8.78 Å². The maximum absolute atomic E-state index is 15.8. The molecule has 9 rings (SSSR count). The Morgan fingerprint density at radius 1 is 0.900 bits per heavy atom. The van der Waals surface area contributed by atoms with Gasteiger partial charge in [0, 0.05) is 75.2 Å². The molecule has 2 atom stereocenters. The molecule has 4 amide bonds. The predicted molar refractivity (Wildman–Crippen MR) is 255 cm³/mol. The van der Waals surface area contributed by atoms with Gasteiger partial charge in [0.1, 0.15) is 27.2 Å². The molecule has 4 aliphatic rings. The molecule has 2 aromatic heterocycles. The highest BCUT2D eigenvalue weighted by Gasteiger charge is 2.46. The SMILES string of the molecule is CCOc1cc(C(CS(C)(=O)=O)N2C(=O)c3ccnc(N4CCN(C5CCN(CC(F)(F)c6ccc(Oc7ccc8c([C@]9(C)CCC(=O)NC9=O)nn(C)c8c7)cc6)CC5)CC4)c3C2=O)ccc1OC. The Morgan fingerprint density at radius 2 is 1.61 bits per heavy atom. The number of alkyl halides is 2. The normalized spacial score (nSPS) is 20.2. The van der Waals surface area contributed by atoms with Gasteiger partial charge in [-0.25, -0.2) is 13.4 Å². The van der Waals surface area contributed by atoms with Gasteiger partial charge in [-0.3, -0.25) is 43.9 Å². The number of benzene rings is 3. The van der Waals surface area contributed by atoms with E-state index in [1.165, 1.54) is 43.6 Å². The van der Waals surface area contributed by atoms with Crippen LogP contribution in [-0.2, 0) is 37.8 Å². The first-order valence-electron chi connectivity index (χ1n) is 23.4. The summed E-state index contributed by atoms with van der Waals surface area (Å²) in [5.41, 5.74) is 0.886. The largest absolute Gasteiger partial charge is 0.493 e. The Morgan fingerprint density at radius 3 is 2.29 bits per heavy atom. The first kappa shape index (κ1) is 48.5. The van der Waals surface area contributed by atoms with Crippen molar-refractivity contribution in [3.63, 3.8) is 0 Å². The third kappa shape index (κ3) is 9.43. The molecule has 4 aliphatic heterocycles. The van der Waals surface area contributed by atoms with E-state index in [2.05, 4.69) is 20.3 Å². The van der Waals surface area contributed by atoms with E-state index in [9.17, 15) is 27.6 Å². The quantitative estimate of drug-likeness (QED) is 0.127. The molecule has 70 heavy (non-hydrogen) atoms. The molecule has 0 radical (unpaired) electrons. The van der Waals surface area contributed by atoms with Crippen molar-refractivity contribution >= 4 is 50.2 Å². The Hall–Kier alpha value is -6.51. The van der Waals surface area contributed by atoms with Crippen LogP contribution in [0.25, 0.3) is 10.9 Å². The van der Waals surface area contributed by atoms with E-state index in [0.29, 0.717) is 111 Å². The van der Waals surface area contributed by atoms with E-state index in [1.54, 1.807) is 60.8 Å². The third-order valence-corrected chi connectivity index (χ3v) is 15.0. The average molecular weight is 983 g/mol. The summed E-state index contributed by atoms with van der Waals surface area (Å²) in [5, 5.41) is 7.81. The van der Waals surface area contributed by atoms with Gasteiger partial charge in [-0.2, -0.15) is 13.9 Å². The van der Waals surface area contributed by atoms with E-state index in [-0.39, 0.29) is 41.0 Å². The van der Waals surface area contributed by atoms with E-state index in [4.69, 9.17) is 14.2 Å². The van der Waals surface area contributed by atoms with Crippen LogP contribution in [0.4, 0.5) is 14.6 Å². The fourth-order valence-corrected chi connectivity index (χ4v) is 11.2. The van der Waals surface area contributed by atoms with Crippen LogP contribution in [0, 0.1) is 0 Å². The lowest BCUT2D eigenvalue weighted by atomic mass is 9.77. The first-order chi connectivity index (χ1) is 33.4. The standard InChI is InChI=1S/C50H56F2N8O9S/c1-6-68-41-27-31(7-14-40(41)67-4)39(29-70(5,65)66)60-46(62)37-16-20-53-45(43(37)47(60)63)59-25-23-58(24-26-59)33-17-21-57(22-18-33)30-50(51,52)32-8-10-34(11-9-32)69-35-12-13-36-38(28-35)56(3)55-44(36)49(2)19-15-42(61)54-48(49)64/h7-14,16,20,27-28,33,39H,6,15,17-19,21-26,29-30H2,1-5H3,(H,54,61,64)/t39?,49-/m0/s1. The van der Waals surface area contributed by atoms with Crippen molar-refractivity contribution in [3.05, 3.63) is 101 Å². The zero-order chi connectivity index (χ0) is 49.7. The number of imide groups is 2. The molecule has 0 bridgehead atoms. The lowest BCUT2D eigenvalue weighted by molar-refractivity contribution is -0.137. The number of piperazine rings is 1. The molecule has 3 saturated heterocycles. The van der Waals surface area contributed by atoms with Gasteiger partial charge in [-0.1, -0.05) is 6.07 Å². The smallest absolute Gasteiger partial charge is 0.285 e. The predicted octanol–water partition coefficient (Wildman–Crippen LogP) is 5.62. The second kappa shape index (κ2) is 19.0. The molecule has 1 N–H and O–H groups in total. The van der Waals surface area contributed by atoms with Crippen LogP contribution in [0.5, 0.6) is 23.0 Å². The first-order valence-corrected chi connectivity index (χ1v) is 25.5. The number of fused-ring (bicyclic) bond motifs is 2. The topological polar surface area (TPSA) is 186 Å². The summed E-state index contributed by atoms with van der Waals surface area (Å²) in [6.45, 7) is 6.74. The summed E-state index contributed by atoms with van der Waals surface area (Å²) in [5.74, 6) is -3.54. The third-order valence-electron chi connectivity index (χ3n) is 14.0. The molecule has 17 nitrogen and oxygen atoms in total. The number of hydrogen-bond donors (Lipinski definition) is 1. The van der Waals surface area contributed by atoms with Gasteiger partial charge < -0.3 is 19.1 Å². The van der Waals surface area contributed by atoms with Crippen molar-refractivity contribution in [2.75, 3.05) is 76.4 Å². The zero-order valence-corrected chi connectivity index (χ0v) is 40.6. The van der Waals surface area contributed by atoms with Gasteiger partial charge in [0.2, 0.25) is 11.8 Å². The van der Waals surface area contributed by atoms with Gasteiger partial charge in [-0.05, 0) is 106 Å². The maximum atomic E-state index is 15.8. The minimum absolute atomic E-state index is 0.117. The van der Waals surface area contributed by atoms with Crippen LogP contribution in [0.2, 0.25) is 0 Å². The van der Waals surface area contributed by atoms with Crippen molar-refractivity contribution < 1.29 is 50.6 Å². The number of piperidine rings is 2. The Labute approximate surface area is 404 Å². The van der Waals surface area contributed by atoms with Gasteiger partial charge in [0.15, 0.2) is 11.5 Å². The van der Waals surface area contributed by atoms with E-state index in [0.717, 1.165) is 16.5 Å². The van der Waals surface area contributed by atoms with Crippen LogP contribution >= 0.6 is 0 Å². The Balaban J connectivity index is 0.793. The van der Waals surface area contributed by atoms with Crippen LogP contribution in [0.3, 0.4) is 0 Å². The summed E-state index contributed by atoms with van der Waals surface area (Å²) < 4.78 is 76.0. The molecular weight excluding hydrogens is 927 g/mol. The number of nitrogens with one attached hydrogen (secondary N) is 1. The zero-order valence-electron chi connectivity index (χ0n) is 39.7. The second-order valence-corrected chi connectivity index (χ2v) is 20.9. The summed E-state index contributed by atoms with van der Waals surface area (Å²) in [4.78, 5) is 64.7. The number of amides is 4. The highest BCUT2D eigenvalue weighted by atomic mass is 32.2. The van der Waals surface area contributed by atoms with Gasteiger partial charge in [0.05, 0.1) is 59.8 Å². The summed E-state index contributed by atoms with van der Waals surface area (Å²) in [7, 11) is -0.442. The number of nitrogens with zero attached hydrogens (tertiary/aromatic N) is 7. The van der Waals surface area contributed by atoms with Crippen molar-refractivity contribution in [2.24, 2.45) is 7.05 Å². The molecule has 3 aromatic carbocycles. The van der Waals surface area contributed by atoms with Gasteiger partial charge >= 0.3 is 0 Å². The number of rotatable bonds is 15. The second-order valence-electron chi connectivity index (χ2n) is 18.7. The highest BCUT2D eigenvalue weighted by molar-refractivity contribution is 7.90. The summed E-state index contributed by atoms with van der Waals surface area (Å²) in [6, 6.07) is 16.5. The van der Waals surface area contributed by atoms with E-state index in [1.807, 2.05) is 11.0 Å². The number of sulfone groups is 1. The molecule has 1 unspecified atom stereocenters. The number of anilines is 1. The lowest BCUT2D eigenvalue weighted by Gasteiger charge is -2.43. The molecule has 5 aromatic rings. The molecule has 0 spiro atoms. The molecule has 0 aliphatic carbocycles. The van der Waals surface area contributed by atoms with Crippen LogP contribution in [0.1, 0.15) is 83.1 Å². The molecule has 6 heterocycles. The minimum atomic E-state index is -3.69. The lowest BCUT2D eigenvalue weighted by Crippen LogP contribution is -2.54. The molecule has 370 valence electrons. The van der Waals surface area contributed by atoms with Crippen LogP contribution in [-0.4, -0.2) is 139 Å².